The standard InChI is InChI=1S/C15H22N2O3/c1-2-3-8-13(15(19)20)17-14(18)10-9-11-6-4-5-7-12(11)16/h4-7,13H,2-3,8-10,16H2,1H3,(H,17,18)(H,19,20)/t13-/m0/s1. The highest BCUT2D eigenvalue weighted by atomic mass is 16.4. The molecular formula is C15H22N2O3. The van der Waals surface area contributed by atoms with E-state index in [2.05, 4.69) is 5.32 Å². The number of carbonyl (C=O) groups is 2. The molecule has 110 valence electrons. The summed E-state index contributed by atoms with van der Waals surface area (Å²) in [5, 5.41) is 11.6. The lowest BCUT2D eigenvalue weighted by Gasteiger charge is -2.14. The maximum absolute atomic E-state index is 11.8. The molecule has 0 spiro atoms. The van der Waals surface area contributed by atoms with Crippen molar-refractivity contribution in [2.75, 3.05) is 5.73 Å². The highest BCUT2D eigenvalue weighted by molar-refractivity contribution is 5.83. The number of carboxylic acid groups (broad SMARTS) is 1. The molecule has 0 unspecified atom stereocenters. The Bertz CT molecular complexity index is 460. The number of unbranched alkanes of at least 4 members (excludes halogenated alkanes) is 1. The molecule has 1 atom stereocenters. The smallest absolute Gasteiger partial charge is 0.326 e. The molecule has 20 heavy (non-hydrogen) atoms. The molecular weight excluding hydrogens is 256 g/mol. The summed E-state index contributed by atoms with van der Waals surface area (Å²) in [4.78, 5) is 22.8. The SMILES string of the molecule is CCCC[C@H](NC(=O)CCc1ccccc1N)C(=O)O. The van der Waals surface area contributed by atoms with Gasteiger partial charge in [0.2, 0.25) is 5.91 Å². The molecule has 1 aromatic carbocycles. The normalized spacial score (nSPS) is 11.8. The summed E-state index contributed by atoms with van der Waals surface area (Å²) in [6.45, 7) is 1.99. The zero-order valence-electron chi connectivity index (χ0n) is 11.8. The van der Waals surface area contributed by atoms with Gasteiger partial charge in [0.15, 0.2) is 0 Å². The van der Waals surface area contributed by atoms with Gasteiger partial charge in [0.1, 0.15) is 6.04 Å². The van der Waals surface area contributed by atoms with Gasteiger partial charge in [-0.05, 0) is 24.5 Å². The van der Waals surface area contributed by atoms with Crippen LogP contribution in [0.15, 0.2) is 24.3 Å². The quantitative estimate of drug-likeness (QED) is 0.634. The van der Waals surface area contributed by atoms with Crippen LogP contribution < -0.4 is 11.1 Å². The van der Waals surface area contributed by atoms with Crippen molar-refractivity contribution in [3.63, 3.8) is 0 Å². The number of aliphatic carboxylic acids is 1. The van der Waals surface area contributed by atoms with E-state index in [1.807, 2.05) is 25.1 Å². The first-order valence-corrected chi connectivity index (χ1v) is 6.90. The van der Waals surface area contributed by atoms with Gasteiger partial charge in [-0.3, -0.25) is 4.79 Å². The van der Waals surface area contributed by atoms with Gasteiger partial charge in [0.25, 0.3) is 0 Å². The lowest BCUT2D eigenvalue weighted by molar-refractivity contribution is -0.142. The third-order valence-corrected chi connectivity index (χ3v) is 3.16. The number of hydrogen-bond acceptors (Lipinski definition) is 3. The molecule has 1 aromatic rings. The fraction of sp³-hybridized carbons (Fsp3) is 0.467. The number of nitrogens with two attached hydrogens (primary N) is 1. The number of rotatable bonds is 8. The summed E-state index contributed by atoms with van der Waals surface area (Å²) in [5.41, 5.74) is 7.36. The van der Waals surface area contributed by atoms with Crippen molar-refractivity contribution in [3.8, 4) is 0 Å². The Balaban J connectivity index is 2.46. The summed E-state index contributed by atoms with van der Waals surface area (Å²) in [5.74, 6) is -1.23. The van der Waals surface area contributed by atoms with Crippen molar-refractivity contribution in [2.24, 2.45) is 0 Å². The van der Waals surface area contributed by atoms with Crippen LogP contribution in [0, 0.1) is 0 Å². The first kappa shape index (κ1) is 16.0. The molecule has 0 radical (unpaired) electrons. The van der Waals surface area contributed by atoms with E-state index < -0.39 is 12.0 Å². The summed E-state index contributed by atoms with van der Waals surface area (Å²) >= 11 is 0. The van der Waals surface area contributed by atoms with Crippen molar-refractivity contribution in [1.29, 1.82) is 0 Å². The van der Waals surface area contributed by atoms with E-state index in [1.165, 1.54) is 0 Å². The Kier molecular flexibility index (Phi) is 6.56. The van der Waals surface area contributed by atoms with E-state index in [0.29, 0.717) is 18.5 Å². The minimum absolute atomic E-state index is 0.240. The number of para-hydroxylation sites is 1. The number of nitrogen functional groups attached to an aromatic ring is 1. The lowest BCUT2D eigenvalue weighted by atomic mass is 10.1. The molecule has 0 fully saturated rings. The summed E-state index contributed by atoms with van der Waals surface area (Å²) in [6.07, 6.45) is 2.90. The van der Waals surface area contributed by atoms with E-state index in [9.17, 15) is 9.59 Å². The number of amides is 1. The van der Waals surface area contributed by atoms with Crippen LogP contribution in [0.5, 0.6) is 0 Å². The number of carboxylic acids is 1. The molecule has 4 N–H and O–H groups in total. The van der Waals surface area contributed by atoms with Crippen LogP contribution in [-0.2, 0) is 16.0 Å². The van der Waals surface area contributed by atoms with Gasteiger partial charge < -0.3 is 16.2 Å². The van der Waals surface area contributed by atoms with E-state index in [1.54, 1.807) is 6.07 Å². The molecule has 0 aromatic heterocycles. The van der Waals surface area contributed by atoms with Gasteiger partial charge in [-0.15, -0.1) is 0 Å². The maximum atomic E-state index is 11.8. The van der Waals surface area contributed by atoms with Crippen molar-refractivity contribution < 1.29 is 14.7 Å². The molecule has 0 bridgehead atoms. The Hall–Kier alpha value is -2.04. The average molecular weight is 278 g/mol. The zero-order chi connectivity index (χ0) is 15.0. The van der Waals surface area contributed by atoms with Gasteiger partial charge in [-0.25, -0.2) is 4.79 Å². The molecule has 0 saturated carbocycles. The fourth-order valence-corrected chi connectivity index (χ4v) is 1.94. The number of anilines is 1. The van der Waals surface area contributed by atoms with E-state index in [-0.39, 0.29) is 12.3 Å². The fourth-order valence-electron chi connectivity index (χ4n) is 1.94. The van der Waals surface area contributed by atoms with Crippen LogP contribution in [0.1, 0.15) is 38.2 Å². The van der Waals surface area contributed by atoms with Crippen LogP contribution in [0.25, 0.3) is 0 Å². The topological polar surface area (TPSA) is 92.4 Å². The van der Waals surface area contributed by atoms with Gasteiger partial charge in [0.05, 0.1) is 0 Å². The Morgan fingerprint density at radius 1 is 1.35 bits per heavy atom. The second-order valence-corrected chi connectivity index (χ2v) is 4.80. The third kappa shape index (κ3) is 5.30. The summed E-state index contributed by atoms with van der Waals surface area (Å²) in [7, 11) is 0. The molecule has 5 nitrogen and oxygen atoms in total. The van der Waals surface area contributed by atoms with E-state index in [4.69, 9.17) is 10.8 Å². The zero-order valence-corrected chi connectivity index (χ0v) is 11.8. The predicted octanol–water partition coefficient (Wildman–Crippen LogP) is 1.96. The van der Waals surface area contributed by atoms with Crippen LogP contribution >= 0.6 is 0 Å². The Morgan fingerprint density at radius 2 is 2.05 bits per heavy atom. The van der Waals surface area contributed by atoms with Gasteiger partial charge in [-0.1, -0.05) is 38.0 Å². The van der Waals surface area contributed by atoms with Crippen LogP contribution in [-0.4, -0.2) is 23.0 Å². The van der Waals surface area contributed by atoms with Crippen molar-refractivity contribution in [2.45, 2.75) is 45.1 Å². The number of hydrogen-bond donors (Lipinski definition) is 3. The molecule has 0 aliphatic heterocycles. The van der Waals surface area contributed by atoms with Gasteiger partial charge in [-0.2, -0.15) is 0 Å². The Morgan fingerprint density at radius 3 is 2.65 bits per heavy atom. The first-order chi connectivity index (χ1) is 9.54. The minimum Gasteiger partial charge on any atom is -0.480 e. The van der Waals surface area contributed by atoms with Gasteiger partial charge in [0, 0.05) is 12.1 Å². The van der Waals surface area contributed by atoms with Crippen LogP contribution in [0.4, 0.5) is 5.69 Å². The second-order valence-electron chi connectivity index (χ2n) is 4.80. The van der Waals surface area contributed by atoms with E-state index >= 15 is 0 Å². The lowest BCUT2D eigenvalue weighted by Crippen LogP contribution is -2.40. The number of carbonyl (C=O) groups excluding carboxylic acids is 1. The minimum atomic E-state index is -0.981. The molecule has 0 heterocycles. The van der Waals surface area contributed by atoms with Crippen LogP contribution in [0.3, 0.4) is 0 Å². The highest BCUT2D eigenvalue weighted by Crippen LogP contribution is 2.12. The molecule has 5 heteroatoms. The second kappa shape index (κ2) is 8.19. The van der Waals surface area contributed by atoms with Gasteiger partial charge >= 0.3 is 5.97 Å². The Labute approximate surface area is 119 Å². The van der Waals surface area contributed by atoms with Crippen molar-refractivity contribution >= 4 is 17.6 Å². The van der Waals surface area contributed by atoms with Crippen LogP contribution in [0.2, 0.25) is 0 Å². The molecule has 0 saturated heterocycles. The average Bonchev–Trinajstić information content (AvgIpc) is 2.42. The highest BCUT2D eigenvalue weighted by Gasteiger charge is 2.18. The number of benzene rings is 1. The molecule has 1 amide bonds. The van der Waals surface area contributed by atoms with Crippen molar-refractivity contribution in [1.82, 2.24) is 5.32 Å². The monoisotopic (exact) mass is 278 g/mol. The van der Waals surface area contributed by atoms with E-state index in [0.717, 1.165) is 18.4 Å². The third-order valence-electron chi connectivity index (χ3n) is 3.16. The number of nitrogens with one attached hydrogen (secondary N) is 1. The van der Waals surface area contributed by atoms with Crippen molar-refractivity contribution in [3.05, 3.63) is 29.8 Å². The first-order valence-electron chi connectivity index (χ1n) is 6.90. The molecule has 0 aliphatic rings. The summed E-state index contributed by atoms with van der Waals surface area (Å²) in [6, 6.07) is 6.56. The maximum Gasteiger partial charge on any atom is 0.326 e. The molecule has 0 aliphatic carbocycles. The number of aryl methyl sites for hydroxylation is 1. The molecule has 1 rings (SSSR count). The predicted molar refractivity (Wildman–Crippen MR) is 78.3 cm³/mol. The largest absolute Gasteiger partial charge is 0.480 e. The summed E-state index contributed by atoms with van der Waals surface area (Å²) < 4.78 is 0.